The van der Waals surface area contributed by atoms with E-state index in [1.165, 1.54) is 4.88 Å². The van der Waals surface area contributed by atoms with Gasteiger partial charge in [0.2, 0.25) is 0 Å². The van der Waals surface area contributed by atoms with Gasteiger partial charge in [-0.3, -0.25) is 0 Å². The van der Waals surface area contributed by atoms with Crippen molar-refractivity contribution >= 4 is 23.1 Å². The fourth-order valence-electron chi connectivity index (χ4n) is 1.28. The van der Waals surface area contributed by atoms with Crippen LogP contribution in [0.15, 0.2) is 0 Å². The molecule has 0 aliphatic rings. The maximum absolute atomic E-state index is 9.89. The Morgan fingerprint density at radius 1 is 1.44 bits per heavy atom. The normalized spacial score (nSPS) is 15.1. The Balaban J connectivity index is 2.36. The Bertz CT molecular complexity index is 305. The lowest BCUT2D eigenvalue weighted by molar-refractivity contribution is 0.200. The number of thioether (sulfide) groups is 1. The summed E-state index contributed by atoms with van der Waals surface area (Å²) < 4.78 is 0. The van der Waals surface area contributed by atoms with Crippen LogP contribution < -0.4 is 0 Å². The molecule has 1 aromatic heterocycles. The topological polar surface area (TPSA) is 33.1 Å². The predicted molar refractivity (Wildman–Crippen MR) is 73.5 cm³/mol. The van der Waals surface area contributed by atoms with E-state index in [0.29, 0.717) is 11.7 Å². The van der Waals surface area contributed by atoms with Gasteiger partial charge in [-0.25, -0.2) is 4.98 Å². The molecule has 1 rings (SSSR count). The standard InChI is InChI=1S/C12H21NOS2/c1-5-8(2)15-7-11(14)6-12-13-9(3)10(4)16-12/h8,11,14H,5-7H2,1-4H3. The largest absolute Gasteiger partial charge is 0.392 e. The van der Waals surface area contributed by atoms with Gasteiger partial charge in [0, 0.05) is 22.3 Å². The molecule has 1 N–H and O–H groups in total. The van der Waals surface area contributed by atoms with E-state index in [9.17, 15) is 5.11 Å². The second kappa shape index (κ2) is 6.62. The van der Waals surface area contributed by atoms with Crippen molar-refractivity contribution in [1.29, 1.82) is 0 Å². The predicted octanol–water partition coefficient (Wildman–Crippen LogP) is 3.20. The minimum Gasteiger partial charge on any atom is -0.392 e. The van der Waals surface area contributed by atoms with Gasteiger partial charge in [0.1, 0.15) is 0 Å². The van der Waals surface area contributed by atoms with E-state index in [2.05, 4.69) is 25.8 Å². The number of aliphatic hydroxyl groups excluding tert-OH is 1. The molecule has 16 heavy (non-hydrogen) atoms. The van der Waals surface area contributed by atoms with Crippen LogP contribution in [0.1, 0.15) is 35.8 Å². The summed E-state index contributed by atoms with van der Waals surface area (Å²) in [4.78, 5) is 5.71. The summed E-state index contributed by atoms with van der Waals surface area (Å²) in [7, 11) is 0. The van der Waals surface area contributed by atoms with E-state index in [0.717, 1.165) is 22.9 Å². The van der Waals surface area contributed by atoms with Crippen molar-refractivity contribution in [1.82, 2.24) is 4.98 Å². The zero-order valence-corrected chi connectivity index (χ0v) is 12.1. The molecule has 0 saturated heterocycles. The van der Waals surface area contributed by atoms with E-state index in [1.807, 2.05) is 18.7 Å². The molecule has 0 spiro atoms. The number of nitrogens with zero attached hydrogens (tertiary/aromatic N) is 1. The number of aryl methyl sites for hydroxylation is 2. The summed E-state index contributed by atoms with van der Waals surface area (Å²) in [6.45, 7) is 8.49. The molecule has 4 heteroatoms. The number of hydrogen-bond acceptors (Lipinski definition) is 4. The molecule has 2 atom stereocenters. The van der Waals surface area contributed by atoms with E-state index in [-0.39, 0.29) is 6.10 Å². The Hall–Kier alpha value is -0.0600. The first-order valence-electron chi connectivity index (χ1n) is 5.75. The molecular weight excluding hydrogens is 238 g/mol. The molecule has 0 radical (unpaired) electrons. The molecule has 0 fully saturated rings. The van der Waals surface area contributed by atoms with Crippen LogP contribution >= 0.6 is 23.1 Å². The summed E-state index contributed by atoms with van der Waals surface area (Å²) in [6.07, 6.45) is 1.60. The average molecular weight is 259 g/mol. The summed E-state index contributed by atoms with van der Waals surface area (Å²) in [5.74, 6) is 0.812. The minimum absolute atomic E-state index is 0.260. The lowest BCUT2D eigenvalue weighted by Gasteiger charge is -2.12. The molecule has 0 saturated carbocycles. The van der Waals surface area contributed by atoms with E-state index in [4.69, 9.17) is 0 Å². The maximum Gasteiger partial charge on any atom is 0.0956 e. The van der Waals surface area contributed by atoms with Gasteiger partial charge in [-0.1, -0.05) is 13.8 Å². The van der Waals surface area contributed by atoms with Crippen molar-refractivity contribution in [3.63, 3.8) is 0 Å². The SMILES string of the molecule is CCC(C)SCC(O)Cc1nc(C)c(C)s1. The average Bonchev–Trinajstić information content (AvgIpc) is 2.54. The molecular formula is C12H21NOS2. The summed E-state index contributed by atoms with van der Waals surface area (Å²) in [6, 6.07) is 0. The lowest BCUT2D eigenvalue weighted by atomic mass is 10.3. The van der Waals surface area contributed by atoms with Crippen molar-refractivity contribution in [2.75, 3.05) is 5.75 Å². The number of hydrogen-bond donors (Lipinski definition) is 1. The van der Waals surface area contributed by atoms with Crippen molar-refractivity contribution in [3.8, 4) is 0 Å². The van der Waals surface area contributed by atoms with Gasteiger partial charge in [-0.15, -0.1) is 11.3 Å². The molecule has 0 aliphatic heterocycles. The molecule has 1 heterocycles. The quantitative estimate of drug-likeness (QED) is 0.851. The van der Waals surface area contributed by atoms with Crippen LogP contribution in [0.5, 0.6) is 0 Å². The van der Waals surface area contributed by atoms with E-state index in [1.54, 1.807) is 11.3 Å². The van der Waals surface area contributed by atoms with Crippen LogP contribution in [0.4, 0.5) is 0 Å². The second-order valence-corrected chi connectivity index (χ2v) is 6.92. The van der Waals surface area contributed by atoms with Gasteiger partial charge in [-0.05, 0) is 20.3 Å². The van der Waals surface area contributed by atoms with Gasteiger partial charge in [0.25, 0.3) is 0 Å². The van der Waals surface area contributed by atoms with E-state index < -0.39 is 0 Å². The summed E-state index contributed by atoms with van der Waals surface area (Å²) >= 11 is 3.54. The van der Waals surface area contributed by atoms with Crippen LogP contribution in [0.3, 0.4) is 0 Å². The number of aliphatic hydroxyl groups is 1. The maximum atomic E-state index is 9.89. The molecule has 92 valence electrons. The highest BCUT2D eigenvalue weighted by atomic mass is 32.2. The number of aromatic nitrogens is 1. The Labute approximate surface area is 106 Å². The highest BCUT2D eigenvalue weighted by Gasteiger charge is 2.11. The van der Waals surface area contributed by atoms with Crippen LogP contribution in [0.25, 0.3) is 0 Å². The molecule has 1 aromatic rings. The molecule has 0 aliphatic carbocycles. The van der Waals surface area contributed by atoms with Crippen LogP contribution in [-0.2, 0) is 6.42 Å². The molecule has 0 aromatic carbocycles. The molecule has 2 unspecified atom stereocenters. The lowest BCUT2D eigenvalue weighted by Crippen LogP contribution is -2.15. The highest BCUT2D eigenvalue weighted by molar-refractivity contribution is 7.99. The van der Waals surface area contributed by atoms with Gasteiger partial charge < -0.3 is 5.11 Å². The van der Waals surface area contributed by atoms with Gasteiger partial charge in [0.15, 0.2) is 0 Å². The smallest absolute Gasteiger partial charge is 0.0956 e. The van der Waals surface area contributed by atoms with Crippen molar-refractivity contribution in [2.24, 2.45) is 0 Å². The summed E-state index contributed by atoms with van der Waals surface area (Å²) in [5, 5.41) is 11.6. The highest BCUT2D eigenvalue weighted by Crippen LogP contribution is 2.20. The van der Waals surface area contributed by atoms with Gasteiger partial charge >= 0.3 is 0 Å². The van der Waals surface area contributed by atoms with Gasteiger partial charge in [0.05, 0.1) is 16.8 Å². The number of rotatable bonds is 6. The Morgan fingerprint density at radius 2 is 2.12 bits per heavy atom. The first-order chi connectivity index (χ1) is 7.52. The van der Waals surface area contributed by atoms with Crippen molar-refractivity contribution in [3.05, 3.63) is 15.6 Å². The zero-order valence-electron chi connectivity index (χ0n) is 10.5. The third-order valence-electron chi connectivity index (χ3n) is 2.63. The Morgan fingerprint density at radius 3 is 2.62 bits per heavy atom. The fraction of sp³-hybridized carbons (Fsp3) is 0.750. The van der Waals surface area contributed by atoms with Crippen molar-refractivity contribution < 1.29 is 5.11 Å². The van der Waals surface area contributed by atoms with Gasteiger partial charge in [-0.2, -0.15) is 11.8 Å². The third kappa shape index (κ3) is 4.44. The minimum atomic E-state index is -0.260. The van der Waals surface area contributed by atoms with Crippen LogP contribution in [0, 0.1) is 13.8 Å². The molecule has 0 bridgehead atoms. The van der Waals surface area contributed by atoms with Crippen LogP contribution in [0.2, 0.25) is 0 Å². The second-order valence-electron chi connectivity index (χ2n) is 4.16. The monoisotopic (exact) mass is 259 g/mol. The Kier molecular flexibility index (Phi) is 5.79. The zero-order chi connectivity index (χ0) is 12.1. The third-order valence-corrected chi connectivity index (χ3v) is 5.21. The number of thiazole rings is 1. The van der Waals surface area contributed by atoms with Crippen LogP contribution in [-0.4, -0.2) is 27.2 Å². The first kappa shape index (κ1) is 14.0. The first-order valence-corrected chi connectivity index (χ1v) is 7.62. The molecule has 2 nitrogen and oxygen atoms in total. The summed E-state index contributed by atoms with van der Waals surface area (Å²) in [5.41, 5.74) is 1.10. The fourth-order valence-corrected chi connectivity index (χ4v) is 3.19. The van der Waals surface area contributed by atoms with Crippen molar-refractivity contribution in [2.45, 2.75) is 51.9 Å². The van der Waals surface area contributed by atoms with E-state index >= 15 is 0 Å². The molecule has 0 amide bonds.